The van der Waals surface area contributed by atoms with Crippen molar-refractivity contribution in [3.63, 3.8) is 0 Å². The average Bonchev–Trinajstić information content (AvgIpc) is 2.28. The zero-order chi connectivity index (χ0) is 8.27. The summed E-state index contributed by atoms with van der Waals surface area (Å²) in [6, 6.07) is 2.10. The minimum atomic E-state index is 0.771. The Morgan fingerprint density at radius 3 is 2.91 bits per heavy atom. The molecule has 0 aliphatic heterocycles. The van der Waals surface area contributed by atoms with Crippen molar-refractivity contribution in [3.05, 3.63) is 20.3 Å². The number of hydrogen-bond acceptors (Lipinski definition) is 3. The lowest BCUT2D eigenvalue weighted by Gasteiger charge is -1.95. The first-order chi connectivity index (χ1) is 5.24. The van der Waals surface area contributed by atoms with E-state index in [0.29, 0.717) is 0 Å². The van der Waals surface area contributed by atoms with Crippen LogP contribution in [0, 0.1) is 6.92 Å². The molecular weight excluding hydrogens is 226 g/mol. The largest absolute Gasteiger partial charge is 0.305 e. The van der Waals surface area contributed by atoms with Gasteiger partial charge < -0.3 is 4.84 Å². The maximum Gasteiger partial charge on any atom is 0.0572 e. The highest BCUT2D eigenvalue weighted by molar-refractivity contribution is 9.10. The molecule has 4 heteroatoms. The molecular formula is C7H10BrNOS. The molecule has 1 aromatic rings. The van der Waals surface area contributed by atoms with Gasteiger partial charge in [-0.3, -0.25) is 0 Å². The van der Waals surface area contributed by atoms with Crippen LogP contribution in [0.2, 0.25) is 0 Å². The second-order valence-corrected chi connectivity index (χ2v) is 4.34. The maximum atomic E-state index is 4.74. The molecule has 0 atom stereocenters. The number of halogens is 1. The van der Waals surface area contributed by atoms with Gasteiger partial charge in [0.15, 0.2) is 0 Å². The quantitative estimate of drug-likeness (QED) is 0.814. The van der Waals surface area contributed by atoms with Gasteiger partial charge in [0.05, 0.1) is 13.7 Å². The normalized spacial score (nSPS) is 10.5. The van der Waals surface area contributed by atoms with Crippen molar-refractivity contribution in [2.75, 3.05) is 7.11 Å². The summed E-state index contributed by atoms with van der Waals surface area (Å²) in [5.74, 6) is 0. The molecule has 11 heavy (non-hydrogen) atoms. The van der Waals surface area contributed by atoms with Crippen molar-refractivity contribution in [1.82, 2.24) is 5.48 Å². The Hall–Kier alpha value is 0.1000. The summed E-state index contributed by atoms with van der Waals surface area (Å²) >= 11 is 5.21. The monoisotopic (exact) mass is 235 g/mol. The molecule has 0 aliphatic carbocycles. The highest BCUT2D eigenvalue weighted by atomic mass is 79.9. The minimum absolute atomic E-state index is 0.771. The third kappa shape index (κ3) is 2.56. The molecule has 0 radical (unpaired) electrons. The molecule has 1 aromatic heterocycles. The molecule has 0 spiro atoms. The average molecular weight is 236 g/mol. The Labute approximate surface area is 78.7 Å². The van der Waals surface area contributed by atoms with Crippen molar-refractivity contribution in [1.29, 1.82) is 0 Å². The number of hydroxylamine groups is 1. The SMILES string of the molecule is CONCc1cc(Br)c(C)s1. The van der Waals surface area contributed by atoms with Crippen LogP contribution in [-0.2, 0) is 11.4 Å². The molecule has 0 fully saturated rings. The Kier molecular flexibility index (Phi) is 3.51. The Morgan fingerprint density at radius 1 is 1.73 bits per heavy atom. The Bertz CT molecular complexity index is 217. The van der Waals surface area contributed by atoms with Gasteiger partial charge in [-0.2, -0.15) is 5.48 Å². The van der Waals surface area contributed by atoms with Gasteiger partial charge in [-0.05, 0) is 28.9 Å². The summed E-state index contributed by atoms with van der Waals surface area (Å²) in [5.41, 5.74) is 2.79. The highest BCUT2D eigenvalue weighted by Gasteiger charge is 2.00. The van der Waals surface area contributed by atoms with E-state index in [-0.39, 0.29) is 0 Å². The molecule has 0 unspecified atom stereocenters. The number of hydrogen-bond donors (Lipinski definition) is 1. The molecule has 0 saturated heterocycles. The fourth-order valence-corrected chi connectivity index (χ4v) is 2.28. The van der Waals surface area contributed by atoms with Gasteiger partial charge in [-0.15, -0.1) is 11.3 Å². The van der Waals surface area contributed by atoms with Gasteiger partial charge in [0.1, 0.15) is 0 Å². The second kappa shape index (κ2) is 4.21. The predicted octanol–water partition coefficient (Wildman–Crippen LogP) is 2.47. The van der Waals surface area contributed by atoms with E-state index < -0.39 is 0 Å². The van der Waals surface area contributed by atoms with E-state index in [9.17, 15) is 0 Å². The number of nitrogens with one attached hydrogen (secondary N) is 1. The van der Waals surface area contributed by atoms with Crippen molar-refractivity contribution < 1.29 is 4.84 Å². The molecule has 1 heterocycles. The third-order valence-electron chi connectivity index (χ3n) is 1.30. The molecule has 1 N–H and O–H groups in total. The van der Waals surface area contributed by atoms with Gasteiger partial charge in [-0.25, -0.2) is 0 Å². The van der Waals surface area contributed by atoms with Crippen LogP contribution in [0.25, 0.3) is 0 Å². The van der Waals surface area contributed by atoms with Crippen molar-refractivity contribution in [3.8, 4) is 0 Å². The summed E-state index contributed by atoms with van der Waals surface area (Å²) in [6.45, 7) is 2.86. The summed E-state index contributed by atoms with van der Waals surface area (Å²) < 4.78 is 1.18. The zero-order valence-corrected chi connectivity index (χ0v) is 8.88. The standard InChI is InChI=1S/C7H10BrNOS/c1-5-7(8)3-6(11-5)4-9-10-2/h3,9H,4H2,1-2H3. The van der Waals surface area contributed by atoms with Crippen LogP contribution in [0.4, 0.5) is 0 Å². The second-order valence-electron chi connectivity index (χ2n) is 2.14. The minimum Gasteiger partial charge on any atom is -0.305 e. The van der Waals surface area contributed by atoms with E-state index in [1.54, 1.807) is 18.4 Å². The third-order valence-corrected chi connectivity index (χ3v) is 3.44. The summed E-state index contributed by atoms with van der Waals surface area (Å²) in [4.78, 5) is 7.31. The Morgan fingerprint density at radius 2 is 2.45 bits per heavy atom. The van der Waals surface area contributed by atoms with Crippen molar-refractivity contribution in [2.24, 2.45) is 0 Å². The zero-order valence-electron chi connectivity index (χ0n) is 6.48. The lowest BCUT2D eigenvalue weighted by molar-refractivity contribution is 0.0874. The van der Waals surface area contributed by atoms with Gasteiger partial charge in [-0.1, -0.05) is 0 Å². The lowest BCUT2D eigenvalue weighted by Crippen LogP contribution is -2.09. The molecule has 0 aromatic carbocycles. The number of aryl methyl sites for hydroxylation is 1. The first-order valence-corrected chi connectivity index (χ1v) is 4.85. The van der Waals surface area contributed by atoms with E-state index in [2.05, 4.69) is 34.4 Å². The summed E-state index contributed by atoms with van der Waals surface area (Å²) in [7, 11) is 1.62. The first-order valence-electron chi connectivity index (χ1n) is 3.24. The van der Waals surface area contributed by atoms with Crippen molar-refractivity contribution >= 4 is 27.3 Å². The van der Waals surface area contributed by atoms with E-state index in [1.165, 1.54) is 14.2 Å². The lowest BCUT2D eigenvalue weighted by atomic mass is 10.4. The molecule has 0 amide bonds. The molecule has 62 valence electrons. The summed E-state index contributed by atoms with van der Waals surface area (Å²) in [5, 5.41) is 0. The summed E-state index contributed by atoms with van der Waals surface area (Å²) in [6.07, 6.45) is 0. The molecule has 1 rings (SSSR count). The fourth-order valence-electron chi connectivity index (χ4n) is 0.748. The van der Waals surface area contributed by atoms with E-state index in [1.807, 2.05) is 0 Å². The fraction of sp³-hybridized carbons (Fsp3) is 0.429. The predicted molar refractivity (Wildman–Crippen MR) is 50.6 cm³/mol. The van der Waals surface area contributed by atoms with Gasteiger partial charge in [0, 0.05) is 14.2 Å². The number of thiophene rings is 1. The highest BCUT2D eigenvalue weighted by Crippen LogP contribution is 2.25. The van der Waals surface area contributed by atoms with Crippen LogP contribution < -0.4 is 5.48 Å². The van der Waals surface area contributed by atoms with Crippen LogP contribution in [0.3, 0.4) is 0 Å². The van der Waals surface area contributed by atoms with Crippen LogP contribution >= 0.6 is 27.3 Å². The van der Waals surface area contributed by atoms with Crippen LogP contribution in [-0.4, -0.2) is 7.11 Å². The molecule has 0 bridgehead atoms. The molecule has 0 saturated carbocycles. The first kappa shape index (κ1) is 9.19. The number of rotatable bonds is 3. The van der Waals surface area contributed by atoms with E-state index in [0.717, 1.165) is 6.54 Å². The van der Waals surface area contributed by atoms with Crippen LogP contribution in [0.15, 0.2) is 10.5 Å². The molecule has 2 nitrogen and oxygen atoms in total. The van der Waals surface area contributed by atoms with Crippen molar-refractivity contribution in [2.45, 2.75) is 13.5 Å². The maximum absolute atomic E-state index is 4.74. The van der Waals surface area contributed by atoms with Gasteiger partial charge in [0.25, 0.3) is 0 Å². The smallest absolute Gasteiger partial charge is 0.0572 e. The van der Waals surface area contributed by atoms with Crippen LogP contribution in [0.5, 0.6) is 0 Å². The van der Waals surface area contributed by atoms with Gasteiger partial charge >= 0.3 is 0 Å². The van der Waals surface area contributed by atoms with E-state index >= 15 is 0 Å². The van der Waals surface area contributed by atoms with Gasteiger partial charge in [0.2, 0.25) is 0 Å². The molecule has 0 aliphatic rings. The topological polar surface area (TPSA) is 21.3 Å². The van der Waals surface area contributed by atoms with E-state index in [4.69, 9.17) is 4.84 Å². The van der Waals surface area contributed by atoms with Crippen LogP contribution in [0.1, 0.15) is 9.75 Å². The Balaban J connectivity index is 2.58.